The molecule has 1 amide bonds. The lowest BCUT2D eigenvalue weighted by atomic mass is 10.1. The maximum atomic E-state index is 12.2. The molecule has 1 aromatic heterocycles. The Morgan fingerprint density at radius 3 is 2.33 bits per heavy atom. The number of ether oxygens (including phenoxy) is 3. The Hall–Kier alpha value is -2.68. The van der Waals surface area contributed by atoms with E-state index in [-0.39, 0.29) is 13.2 Å². The van der Waals surface area contributed by atoms with Gasteiger partial charge in [0, 0.05) is 17.0 Å². The highest BCUT2D eigenvalue weighted by Crippen LogP contribution is 2.39. The molecule has 1 aliphatic rings. The van der Waals surface area contributed by atoms with Crippen molar-refractivity contribution < 1.29 is 33.4 Å². The maximum Gasteiger partial charge on any atom is 0.341 e. The molecule has 0 radical (unpaired) electrons. The predicted octanol–water partition coefficient (Wildman–Crippen LogP) is 2.01. The van der Waals surface area contributed by atoms with E-state index in [1.165, 1.54) is 11.3 Å². The third-order valence-electron chi connectivity index (χ3n) is 3.64. The fourth-order valence-electron chi connectivity index (χ4n) is 2.59. The Labute approximate surface area is 160 Å². The predicted molar refractivity (Wildman–Crippen MR) is 97.7 cm³/mol. The third kappa shape index (κ3) is 5.65. The molecule has 9 heteroatoms. The van der Waals surface area contributed by atoms with Crippen LogP contribution in [0, 0.1) is 0 Å². The minimum atomic E-state index is -0.850. The molecule has 0 spiro atoms. The number of carbonyl (C=O) groups is 4. The molecule has 0 aromatic carbocycles. The molecule has 1 N–H and O–H groups in total. The maximum absolute atomic E-state index is 12.2. The van der Waals surface area contributed by atoms with Gasteiger partial charge in [-0.15, -0.1) is 11.3 Å². The molecule has 0 bridgehead atoms. The second-order valence-corrected chi connectivity index (χ2v) is 6.63. The average Bonchev–Trinajstić information content (AvgIpc) is 3.19. The Bertz CT molecular complexity index is 766. The molecule has 0 aliphatic heterocycles. The third-order valence-corrected chi connectivity index (χ3v) is 4.85. The molecule has 1 aliphatic carbocycles. The molecule has 27 heavy (non-hydrogen) atoms. The molecular weight excluding hydrogens is 374 g/mol. The first kappa shape index (κ1) is 20.6. The van der Waals surface area contributed by atoms with Gasteiger partial charge in [0.05, 0.1) is 18.8 Å². The number of aryl methyl sites for hydroxylation is 1. The van der Waals surface area contributed by atoms with Crippen LogP contribution in [-0.2, 0) is 41.4 Å². The summed E-state index contributed by atoms with van der Waals surface area (Å²) in [4.78, 5) is 48.0. The Morgan fingerprint density at radius 1 is 1.00 bits per heavy atom. The first-order chi connectivity index (χ1) is 13.0. The first-order valence-electron chi connectivity index (χ1n) is 8.59. The van der Waals surface area contributed by atoms with E-state index in [1.54, 1.807) is 13.8 Å². The normalized spacial score (nSPS) is 12.5. The van der Waals surface area contributed by atoms with Crippen LogP contribution in [-0.4, -0.2) is 43.6 Å². The highest BCUT2D eigenvalue weighted by atomic mass is 32.1. The van der Waals surface area contributed by atoms with Crippen LogP contribution in [0.15, 0.2) is 12.2 Å². The van der Waals surface area contributed by atoms with Crippen molar-refractivity contribution in [3.05, 3.63) is 28.2 Å². The van der Waals surface area contributed by atoms with Gasteiger partial charge in [-0.2, -0.15) is 0 Å². The second-order valence-electron chi connectivity index (χ2n) is 5.52. The lowest BCUT2D eigenvalue weighted by molar-refractivity contribution is -0.143. The molecule has 0 unspecified atom stereocenters. The van der Waals surface area contributed by atoms with Crippen LogP contribution in [0.1, 0.15) is 41.1 Å². The molecule has 1 aromatic rings. The van der Waals surface area contributed by atoms with E-state index in [0.717, 1.165) is 41.9 Å². The van der Waals surface area contributed by atoms with Crippen LogP contribution in [0.4, 0.5) is 5.00 Å². The van der Waals surface area contributed by atoms with E-state index in [2.05, 4.69) is 10.1 Å². The van der Waals surface area contributed by atoms with E-state index >= 15 is 0 Å². The fraction of sp³-hybridized carbons (Fsp3) is 0.444. The number of fused-ring (bicyclic) bond motifs is 1. The minimum Gasteiger partial charge on any atom is -0.463 e. The number of amides is 1. The lowest BCUT2D eigenvalue weighted by Crippen LogP contribution is -2.21. The SMILES string of the molecule is CCOC(=O)/C=C/C(=O)OCC(=O)Nc1sc2c(c1C(=O)OCC)CCC2. The number of rotatable bonds is 8. The summed E-state index contributed by atoms with van der Waals surface area (Å²) in [5.41, 5.74) is 1.30. The summed E-state index contributed by atoms with van der Waals surface area (Å²) in [7, 11) is 0. The average molecular weight is 395 g/mol. The number of nitrogens with one attached hydrogen (secondary N) is 1. The van der Waals surface area contributed by atoms with Gasteiger partial charge in [0.2, 0.25) is 0 Å². The van der Waals surface area contributed by atoms with E-state index in [9.17, 15) is 19.2 Å². The van der Waals surface area contributed by atoms with Crippen LogP contribution in [0.2, 0.25) is 0 Å². The van der Waals surface area contributed by atoms with Gasteiger partial charge in [-0.1, -0.05) is 0 Å². The van der Waals surface area contributed by atoms with Crippen LogP contribution in [0.25, 0.3) is 0 Å². The largest absolute Gasteiger partial charge is 0.463 e. The number of carbonyl (C=O) groups excluding carboxylic acids is 4. The quantitative estimate of drug-likeness (QED) is 0.407. The minimum absolute atomic E-state index is 0.189. The fourth-order valence-corrected chi connectivity index (χ4v) is 3.88. The van der Waals surface area contributed by atoms with Crippen molar-refractivity contribution in [3.63, 3.8) is 0 Å². The van der Waals surface area contributed by atoms with E-state index < -0.39 is 30.4 Å². The van der Waals surface area contributed by atoms with Gasteiger partial charge >= 0.3 is 17.9 Å². The first-order valence-corrected chi connectivity index (χ1v) is 9.41. The van der Waals surface area contributed by atoms with Gasteiger partial charge in [0.25, 0.3) is 5.91 Å². The summed E-state index contributed by atoms with van der Waals surface area (Å²) in [6.07, 6.45) is 4.40. The smallest absolute Gasteiger partial charge is 0.341 e. The van der Waals surface area contributed by atoms with Crippen molar-refractivity contribution in [3.8, 4) is 0 Å². The highest BCUT2D eigenvalue weighted by Gasteiger charge is 2.28. The standard InChI is InChI=1S/C18H21NO7S/c1-3-24-14(21)8-9-15(22)26-10-13(20)19-17-16(18(23)25-4-2)11-6-5-7-12(11)27-17/h8-9H,3-7,10H2,1-2H3,(H,19,20)/b9-8+. The Kier molecular flexibility index (Phi) is 7.54. The Morgan fingerprint density at radius 2 is 1.67 bits per heavy atom. The molecule has 0 atom stereocenters. The molecule has 2 rings (SSSR count). The molecule has 1 heterocycles. The van der Waals surface area contributed by atoms with Crippen molar-refractivity contribution in [1.29, 1.82) is 0 Å². The summed E-state index contributed by atoms with van der Waals surface area (Å²) in [5, 5.41) is 3.01. The van der Waals surface area contributed by atoms with E-state index in [4.69, 9.17) is 9.47 Å². The summed E-state index contributed by atoms with van der Waals surface area (Å²) in [6.45, 7) is 3.23. The number of anilines is 1. The molecular formula is C18H21NO7S. The molecule has 0 fully saturated rings. The summed E-state index contributed by atoms with van der Waals surface area (Å²) >= 11 is 1.34. The van der Waals surface area contributed by atoms with Crippen LogP contribution >= 0.6 is 11.3 Å². The zero-order chi connectivity index (χ0) is 19.8. The summed E-state index contributed by atoms with van der Waals surface area (Å²) in [5.74, 6) is -2.58. The summed E-state index contributed by atoms with van der Waals surface area (Å²) in [6, 6.07) is 0. The van der Waals surface area contributed by atoms with E-state index in [1.807, 2.05) is 0 Å². The number of esters is 3. The monoisotopic (exact) mass is 395 g/mol. The van der Waals surface area contributed by atoms with E-state index in [0.29, 0.717) is 10.6 Å². The van der Waals surface area contributed by atoms with Gasteiger partial charge in [0.1, 0.15) is 5.00 Å². The van der Waals surface area contributed by atoms with Gasteiger partial charge in [0.15, 0.2) is 6.61 Å². The zero-order valence-corrected chi connectivity index (χ0v) is 16.0. The second kappa shape index (κ2) is 9.86. The van der Waals surface area contributed by atoms with Crippen molar-refractivity contribution in [2.45, 2.75) is 33.1 Å². The molecule has 0 saturated heterocycles. The number of thiophene rings is 1. The molecule has 8 nitrogen and oxygen atoms in total. The van der Waals surface area contributed by atoms with Crippen molar-refractivity contribution >= 4 is 40.2 Å². The van der Waals surface area contributed by atoms with Crippen LogP contribution in [0.5, 0.6) is 0 Å². The van der Waals surface area contributed by atoms with Gasteiger partial charge in [-0.05, 0) is 38.7 Å². The topological polar surface area (TPSA) is 108 Å². The Balaban J connectivity index is 1.95. The van der Waals surface area contributed by atoms with Gasteiger partial charge < -0.3 is 19.5 Å². The lowest BCUT2D eigenvalue weighted by Gasteiger charge is -2.08. The van der Waals surface area contributed by atoms with Gasteiger partial charge in [-0.3, -0.25) is 4.79 Å². The highest BCUT2D eigenvalue weighted by molar-refractivity contribution is 7.17. The number of hydrogen-bond acceptors (Lipinski definition) is 8. The molecule has 0 saturated carbocycles. The van der Waals surface area contributed by atoms with Crippen molar-refractivity contribution in [2.24, 2.45) is 0 Å². The zero-order valence-electron chi connectivity index (χ0n) is 15.2. The van der Waals surface area contributed by atoms with Crippen molar-refractivity contribution in [1.82, 2.24) is 0 Å². The van der Waals surface area contributed by atoms with Crippen LogP contribution in [0.3, 0.4) is 0 Å². The molecule has 146 valence electrons. The van der Waals surface area contributed by atoms with Crippen molar-refractivity contribution in [2.75, 3.05) is 25.1 Å². The van der Waals surface area contributed by atoms with Crippen LogP contribution < -0.4 is 5.32 Å². The van der Waals surface area contributed by atoms with Gasteiger partial charge in [-0.25, -0.2) is 14.4 Å². The number of hydrogen-bond donors (Lipinski definition) is 1. The summed E-state index contributed by atoms with van der Waals surface area (Å²) < 4.78 is 14.5.